The number of hydrogen-bond acceptors (Lipinski definition) is 3. The number of carboxylic acids is 1. The van der Waals surface area contributed by atoms with Gasteiger partial charge < -0.3 is 15.2 Å². The number of carboxylic acid groups (broad SMARTS) is 1. The molecule has 1 fully saturated rings. The highest BCUT2D eigenvalue weighted by Crippen LogP contribution is 2.23. The molecule has 0 radical (unpaired) electrons. The summed E-state index contributed by atoms with van der Waals surface area (Å²) in [4.78, 5) is 22.0. The molecule has 1 aliphatic rings. The zero-order valence-electron chi connectivity index (χ0n) is 9.57. The van der Waals surface area contributed by atoms with Crippen molar-refractivity contribution in [1.82, 2.24) is 5.32 Å². The van der Waals surface area contributed by atoms with Crippen LogP contribution in [0.15, 0.2) is 0 Å². The first kappa shape index (κ1) is 13.0. The maximum atomic E-state index is 11.7. The number of carbonyl (C=O) groups excluding carboxylic acids is 1. The zero-order valence-corrected chi connectivity index (χ0v) is 9.57. The van der Waals surface area contributed by atoms with Gasteiger partial charge in [0.05, 0.1) is 6.42 Å². The molecule has 92 valence electrons. The molecule has 5 nitrogen and oxygen atoms in total. The first-order chi connectivity index (χ1) is 7.61. The van der Waals surface area contributed by atoms with E-state index in [4.69, 9.17) is 9.84 Å². The molecule has 1 rings (SSSR count). The van der Waals surface area contributed by atoms with Gasteiger partial charge in [-0.1, -0.05) is 6.92 Å². The van der Waals surface area contributed by atoms with E-state index in [0.717, 1.165) is 26.1 Å². The monoisotopic (exact) mass is 229 g/mol. The van der Waals surface area contributed by atoms with Crippen molar-refractivity contribution in [1.29, 1.82) is 0 Å². The van der Waals surface area contributed by atoms with Crippen LogP contribution in [0.4, 0.5) is 0 Å². The van der Waals surface area contributed by atoms with E-state index in [0.29, 0.717) is 5.92 Å². The second-order valence-electron chi connectivity index (χ2n) is 4.17. The van der Waals surface area contributed by atoms with Crippen molar-refractivity contribution in [2.75, 3.05) is 19.8 Å². The van der Waals surface area contributed by atoms with Crippen molar-refractivity contribution in [3.05, 3.63) is 0 Å². The number of hydrogen-bond donors (Lipinski definition) is 2. The SMILES string of the molecule is CC(C(=O)NCCC(=O)O)C1CCOCC1. The van der Waals surface area contributed by atoms with Crippen LogP contribution in [0.25, 0.3) is 0 Å². The minimum atomic E-state index is -0.890. The molecule has 1 unspecified atom stereocenters. The van der Waals surface area contributed by atoms with E-state index < -0.39 is 5.97 Å². The summed E-state index contributed by atoms with van der Waals surface area (Å²) in [5.41, 5.74) is 0. The molecule has 0 aliphatic carbocycles. The average Bonchev–Trinajstić information content (AvgIpc) is 2.28. The summed E-state index contributed by atoms with van der Waals surface area (Å²) in [6, 6.07) is 0. The van der Waals surface area contributed by atoms with Crippen LogP contribution in [-0.4, -0.2) is 36.7 Å². The second kappa shape index (κ2) is 6.48. The van der Waals surface area contributed by atoms with Crippen LogP contribution in [0.5, 0.6) is 0 Å². The number of aliphatic carboxylic acids is 1. The molecule has 16 heavy (non-hydrogen) atoms. The summed E-state index contributed by atoms with van der Waals surface area (Å²) in [5.74, 6) is -0.636. The number of ether oxygens (including phenoxy) is 1. The van der Waals surface area contributed by atoms with E-state index in [1.807, 2.05) is 6.92 Å². The Labute approximate surface area is 95.2 Å². The van der Waals surface area contributed by atoms with Crippen LogP contribution < -0.4 is 5.32 Å². The number of carbonyl (C=O) groups is 2. The summed E-state index contributed by atoms with van der Waals surface area (Å²) < 4.78 is 5.23. The molecule has 1 amide bonds. The van der Waals surface area contributed by atoms with Crippen molar-refractivity contribution in [2.24, 2.45) is 11.8 Å². The number of amides is 1. The lowest BCUT2D eigenvalue weighted by Crippen LogP contribution is -2.36. The largest absolute Gasteiger partial charge is 0.481 e. The molecule has 2 N–H and O–H groups in total. The molecule has 0 bridgehead atoms. The Hall–Kier alpha value is -1.10. The Balaban J connectivity index is 2.26. The van der Waals surface area contributed by atoms with E-state index >= 15 is 0 Å². The van der Waals surface area contributed by atoms with E-state index in [1.54, 1.807) is 0 Å². The molecule has 0 aromatic heterocycles. The molecule has 0 aromatic carbocycles. The molecular formula is C11H19NO4. The summed E-state index contributed by atoms with van der Waals surface area (Å²) in [6.07, 6.45) is 1.80. The minimum Gasteiger partial charge on any atom is -0.481 e. The molecule has 0 spiro atoms. The van der Waals surface area contributed by atoms with Crippen molar-refractivity contribution < 1.29 is 19.4 Å². The predicted octanol–water partition coefficient (Wildman–Crippen LogP) is 0.640. The van der Waals surface area contributed by atoms with Gasteiger partial charge in [0.15, 0.2) is 0 Å². The quantitative estimate of drug-likeness (QED) is 0.725. The van der Waals surface area contributed by atoms with Crippen LogP contribution in [0.3, 0.4) is 0 Å². The third kappa shape index (κ3) is 4.18. The van der Waals surface area contributed by atoms with E-state index in [2.05, 4.69) is 5.32 Å². The van der Waals surface area contributed by atoms with Crippen molar-refractivity contribution in [3.8, 4) is 0 Å². The Morgan fingerprint density at radius 1 is 1.44 bits per heavy atom. The average molecular weight is 229 g/mol. The Morgan fingerprint density at radius 3 is 2.62 bits per heavy atom. The summed E-state index contributed by atoms with van der Waals surface area (Å²) in [6.45, 7) is 3.54. The normalized spacial score (nSPS) is 19.1. The van der Waals surface area contributed by atoms with Crippen molar-refractivity contribution in [2.45, 2.75) is 26.2 Å². The molecule has 1 aliphatic heterocycles. The van der Waals surface area contributed by atoms with Gasteiger partial charge >= 0.3 is 5.97 Å². The standard InChI is InChI=1S/C11H19NO4/c1-8(9-3-6-16-7-4-9)11(15)12-5-2-10(13)14/h8-9H,2-7H2,1H3,(H,12,15)(H,13,14). The highest BCUT2D eigenvalue weighted by molar-refractivity contribution is 5.79. The van der Waals surface area contributed by atoms with Gasteiger partial charge in [0, 0.05) is 25.7 Å². The summed E-state index contributed by atoms with van der Waals surface area (Å²) in [5, 5.41) is 11.1. The van der Waals surface area contributed by atoms with Crippen LogP contribution >= 0.6 is 0 Å². The fraction of sp³-hybridized carbons (Fsp3) is 0.818. The Kier molecular flexibility index (Phi) is 5.25. The summed E-state index contributed by atoms with van der Waals surface area (Å²) >= 11 is 0. The number of nitrogens with one attached hydrogen (secondary N) is 1. The van der Waals surface area contributed by atoms with Gasteiger partial charge in [0.1, 0.15) is 0 Å². The van der Waals surface area contributed by atoms with Gasteiger partial charge in [-0.05, 0) is 18.8 Å². The second-order valence-corrected chi connectivity index (χ2v) is 4.17. The topological polar surface area (TPSA) is 75.6 Å². The fourth-order valence-corrected chi connectivity index (χ4v) is 1.88. The van der Waals surface area contributed by atoms with E-state index in [9.17, 15) is 9.59 Å². The number of rotatable bonds is 5. The highest BCUT2D eigenvalue weighted by Gasteiger charge is 2.25. The van der Waals surface area contributed by atoms with E-state index in [-0.39, 0.29) is 24.8 Å². The predicted molar refractivity (Wildman–Crippen MR) is 58.0 cm³/mol. The molecular weight excluding hydrogens is 210 g/mol. The van der Waals surface area contributed by atoms with Crippen LogP contribution in [0, 0.1) is 11.8 Å². The maximum Gasteiger partial charge on any atom is 0.305 e. The van der Waals surface area contributed by atoms with Gasteiger partial charge in [-0.15, -0.1) is 0 Å². The lowest BCUT2D eigenvalue weighted by atomic mass is 9.87. The van der Waals surface area contributed by atoms with Crippen molar-refractivity contribution >= 4 is 11.9 Å². The van der Waals surface area contributed by atoms with Gasteiger partial charge in [0.2, 0.25) is 5.91 Å². The molecule has 5 heteroatoms. The van der Waals surface area contributed by atoms with Crippen LogP contribution in [0.1, 0.15) is 26.2 Å². The minimum absolute atomic E-state index is 0.0216. The Bertz CT molecular complexity index is 248. The first-order valence-electron chi connectivity index (χ1n) is 5.68. The Morgan fingerprint density at radius 2 is 2.06 bits per heavy atom. The third-order valence-corrected chi connectivity index (χ3v) is 3.02. The van der Waals surface area contributed by atoms with Gasteiger partial charge in [-0.25, -0.2) is 0 Å². The molecule has 1 heterocycles. The van der Waals surface area contributed by atoms with Gasteiger partial charge in [0.25, 0.3) is 0 Å². The fourth-order valence-electron chi connectivity index (χ4n) is 1.88. The van der Waals surface area contributed by atoms with Crippen molar-refractivity contribution in [3.63, 3.8) is 0 Å². The molecule has 0 saturated carbocycles. The smallest absolute Gasteiger partial charge is 0.305 e. The molecule has 0 aromatic rings. The van der Waals surface area contributed by atoms with E-state index in [1.165, 1.54) is 0 Å². The molecule has 1 saturated heterocycles. The zero-order chi connectivity index (χ0) is 12.0. The first-order valence-corrected chi connectivity index (χ1v) is 5.68. The lowest BCUT2D eigenvalue weighted by molar-refractivity contribution is -0.137. The third-order valence-electron chi connectivity index (χ3n) is 3.02. The van der Waals surface area contributed by atoms with Gasteiger partial charge in [-0.3, -0.25) is 9.59 Å². The summed E-state index contributed by atoms with van der Waals surface area (Å²) in [7, 11) is 0. The van der Waals surface area contributed by atoms with Gasteiger partial charge in [-0.2, -0.15) is 0 Å². The van der Waals surface area contributed by atoms with Crippen LogP contribution in [0.2, 0.25) is 0 Å². The maximum absolute atomic E-state index is 11.7. The lowest BCUT2D eigenvalue weighted by Gasteiger charge is -2.26. The molecule has 1 atom stereocenters. The van der Waals surface area contributed by atoms with Crippen LogP contribution in [-0.2, 0) is 14.3 Å². The highest BCUT2D eigenvalue weighted by atomic mass is 16.5.